The van der Waals surface area contributed by atoms with Crippen molar-refractivity contribution in [3.8, 4) is 11.5 Å². The minimum Gasteiger partial charge on any atom is -0.457 e. The second-order valence-electron chi connectivity index (χ2n) is 4.69. The van der Waals surface area contributed by atoms with E-state index in [-0.39, 0.29) is 0 Å². The van der Waals surface area contributed by atoms with Crippen molar-refractivity contribution in [1.29, 1.82) is 0 Å². The van der Waals surface area contributed by atoms with Gasteiger partial charge in [0.15, 0.2) is 0 Å². The zero-order valence-electron chi connectivity index (χ0n) is 11.8. The van der Waals surface area contributed by atoms with Crippen LogP contribution in [-0.2, 0) is 0 Å². The van der Waals surface area contributed by atoms with Crippen LogP contribution in [0.3, 0.4) is 0 Å². The third-order valence-corrected chi connectivity index (χ3v) is 3.34. The number of aryl methyl sites for hydroxylation is 1. The Hall–Kier alpha value is -1.80. The predicted octanol–water partition coefficient (Wildman–Crippen LogP) is 4.46. The molecule has 2 heteroatoms. The van der Waals surface area contributed by atoms with E-state index in [2.05, 4.69) is 37.4 Å². The van der Waals surface area contributed by atoms with E-state index >= 15 is 0 Å². The van der Waals surface area contributed by atoms with Crippen LogP contribution >= 0.6 is 0 Å². The van der Waals surface area contributed by atoms with E-state index in [1.54, 1.807) is 0 Å². The van der Waals surface area contributed by atoms with E-state index in [1.165, 1.54) is 5.56 Å². The first kappa shape index (κ1) is 13.6. The largest absolute Gasteiger partial charge is 0.457 e. The average Bonchev–Trinajstić information content (AvgIpc) is 2.43. The Bertz CT molecular complexity index is 532. The molecule has 2 nitrogen and oxygen atoms in total. The lowest BCUT2D eigenvalue weighted by molar-refractivity contribution is 0.475. The molecule has 1 atom stereocenters. The molecule has 0 saturated carbocycles. The smallest absolute Gasteiger partial charge is 0.130 e. The summed E-state index contributed by atoms with van der Waals surface area (Å²) in [5.41, 5.74) is 2.41. The Kier molecular flexibility index (Phi) is 4.58. The Labute approximate surface area is 115 Å². The summed E-state index contributed by atoms with van der Waals surface area (Å²) < 4.78 is 5.96. The highest BCUT2D eigenvalue weighted by Gasteiger charge is 2.08. The second-order valence-corrected chi connectivity index (χ2v) is 4.69. The lowest BCUT2D eigenvalue weighted by Gasteiger charge is -2.16. The molecule has 0 aliphatic rings. The Balaban J connectivity index is 2.22. The Morgan fingerprint density at radius 2 is 1.89 bits per heavy atom. The van der Waals surface area contributed by atoms with E-state index in [4.69, 9.17) is 4.74 Å². The maximum Gasteiger partial charge on any atom is 0.130 e. The minimum atomic E-state index is 0.375. The van der Waals surface area contributed by atoms with Crippen LogP contribution in [-0.4, -0.2) is 7.05 Å². The maximum atomic E-state index is 5.96. The first-order valence-electron chi connectivity index (χ1n) is 6.75. The standard InChI is InChI=1S/C17H21NO/c1-4-16(18-3)14-9-7-10-15(12-14)19-17-11-6-5-8-13(17)2/h5-12,16,18H,4H2,1-3H3. The number of hydrogen-bond donors (Lipinski definition) is 1. The van der Waals surface area contributed by atoms with Gasteiger partial charge in [-0.25, -0.2) is 0 Å². The summed E-state index contributed by atoms with van der Waals surface area (Å²) in [5, 5.41) is 3.31. The second kappa shape index (κ2) is 6.39. The van der Waals surface area contributed by atoms with E-state index < -0.39 is 0 Å². The third-order valence-electron chi connectivity index (χ3n) is 3.34. The van der Waals surface area contributed by atoms with Crippen molar-refractivity contribution in [2.75, 3.05) is 7.05 Å². The average molecular weight is 255 g/mol. The fourth-order valence-electron chi connectivity index (χ4n) is 2.20. The monoisotopic (exact) mass is 255 g/mol. The molecule has 2 aromatic rings. The Morgan fingerprint density at radius 1 is 1.11 bits per heavy atom. The van der Waals surface area contributed by atoms with Gasteiger partial charge in [-0.2, -0.15) is 0 Å². The summed E-state index contributed by atoms with van der Waals surface area (Å²) in [6.45, 7) is 4.23. The summed E-state index contributed by atoms with van der Waals surface area (Å²) in [7, 11) is 1.99. The Morgan fingerprint density at radius 3 is 2.58 bits per heavy atom. The molecule has 2 aromatic carbocycles. The lowest BCUT2D eigenvalue weighted by Crippen LogP contribution is -2.14. The molecule has 0 aliphatic carbocycles. The van der Waals surface area contributed by atoms with Gasteiger partial charge < -0.3 is 10.1 Å². The number of ether oxygens (including phenoxy) is 1. The molecule has 0 saturated heterocycles. The molecule has 0 bridgehead atoms. The first-order chi connectivity index (χ1) is 9.24. The van der Waals surface area contributed by atoms with E-state index in [9.17, 15) is 0 Å². The normalized spacial score (nSPS) is 12.2. The van der Waals surface area contributed by atoms with Gasteiger partial charge in [-0.15, -0.1) is 0 Å². The third kappa shape index (κ3) is 3.36. The molecule has 0 heterocycles. The van der Waals surface area contributed by atoms with Crippen LogP contribution in [0, 0.1) is 6.92 Å². The molecular weight excluding hydrogens is 234 g/mol. The zero-order valence-corrected chi connectivity index (χ0v) is 11.8. The predicted molar refractivity (Wildman–Crippen MR) is 79.8 cm³/mol. The first-order valence-corrected chi connectivity index (χ1v) is 6.75. The summed E-state index contributed by atoms with van der Waals surface area (Å²) in [6.07, 6.45) is 1.06. The van der Waals surface area contributed by atoms with Crippen molar-refractivity contribution in [2.24, 2.45) is 0 Å². The van der Waals surface area contributed by atoms with Gasteiger partial charge in [0.25, 0.3) is 0 Å². The van der Waals surface area contributed by atoms with E-state index in [0.29, 0.717) is 6.04 Å². The van der Waals surface area contributed by atoms with Crippen LogP contribution in [0.25, 0.3) is 0 Å². The lowest BCUT2D eigenvalue weighted by atomic mass is 10.0. The molecule has 2 rings (SSSR count). The summed E-state index contributed by atoms with van der Waals surface area (Å²) in [6, 6.07) is 16.7. The number of hydrogen-bond acceptors (Lipinski definition) is 2. The number of nitrogens with one attached hydrogen (secondary N) is 1. The SMILES string of the molecule is CCC(NC)c1cccc(Oc2ccccc2C)c1. The van der Waals surface area contributed by atoms with Crippen LogP contribution in [0.15, 0.2) is 48.5 Å². The van der Waals surface area contributed by atoms with Crippen LogP contribution in [0.2, 0.25) is 0 Å². The van der Waals surface area contributed by atoms with Gasteiger partial charge in [0.2, 0.25) is 0 Å². The van der Waals surface area contributed by atoms with Crippen LogP contribution < -0.4 is 10.1 Å². The summed E-state index contributed by atoms with van der Waals surface area (Å²) in [5.74, 6) is 1.80. The minimum absolute atomic E-state index is 0.375. The van der Waals surface area contributed by atoms with Crippen molar-refractivity contribution < 1.29 is 4.74 Å². The molecule has 1 N–H and O–H groups in total. The summed E-state index contributed by atoms with van der Waals surface area (Å²) >= 11 is 0. The molecule has 19 heavy (non-hydrogen) atoms. The molecule has 0 aliphatic heterocycles. The molecule has 0 aromatic heterocycles. The van der Waals surface area contributed by atoms with Gasteiger partial charge in [0.05, 0.1) is 0 Å². The highest BCUT2D eigenvalue weighted by molar-refractivity contribution is 5.38. The fraction of sp³-hybridized carbons (Fsp3) is 0.294. The molecule has 100 valence electrons. The quantitative estimate of drug-likeness (QED) is 0.851. The van der Waals surface area contributed by atoms with Gasteiger partial charge in [0.1, 0.15) is 11.5 Å². The van der Waals surface area contributed by atoms with Crippen molar-refractivity contribution in [3.05, 3.63) is 59.7 Å². The maximum absolute atomic E-state index is 5.96. The van der Waals surface area contributed by atoms with Gasteiger partial charge in [-0.3, -0.25) is 0 Å². The van der Waals surface area contributed by atoms with Crippen molar-refractivity contribution in [2.45, 2.75) is 26.3 Å². The fourth-order valence-corrected chi connectivity index (χ4v) is 2.20. The molecule has 0 amide bonds. The van der Waals surface area contributed by atoms with E-state index in [1.807, 2.05) is 37.4 Å². The molecule has 0 radical (unpaired) electrons. The molecule has 0 spiro atoms. The van der Waals surface area contributed by atoms with Gasteiger partial charge in [0, 0.05) is 6.04 Å². The van der Waals surface area contributed by atoms with Crippen LogP contribution in [0.5, 0.6) is 11.5 Å². The number of rotatable bonds is 5. The molecule has 1 unspecified atom stereocenters. The van der Waals surface area contributed by atoms with Crippen molar-refractivity contribution >= 4 is 0 Å². The highest BCUT2D eigenvalue weighted by Crippen LogP contribution is 2.27. The molecule has 0 fully saturated rings. The topological polar surface area (TPSA) is 21.3 Å². The van der Waals surface area contributed by atoms with Crippen molar-refractivity contribution in [1.82, 2.24) is 5.32 Å². The molecular formula is C17H21NO. The number of benzene rings is 2. The highest BCUT2D eigenvalue weighted by atomic mass is 16.5. The van der Waals surface area contributed by atoms with E-state index in [0.717, 1.165) is 23.5 Å². The van der Waals surface area contributed by atoms with Crippen LogP contribution in [0.4, 0.5) is 0 Å². The van der Waals surface area contributed by atoms with Gasteiger partial charge in [-0.05, 0) is 49.7 Å². The van der Waals surface area contributed by atoms with Gasteiger partial charge in [-0.1, -0.05) is 37.3 Å². The number of para-hydroxylation sites is 1. The van der Waals surface area contributed by atoms with Gasteiger partial charge >= 0.3 is 0 Å². The van der Waals surface area contributed by atoms with Crippen LogP contribution in [0.1, 0.15) is 30.5 Å². The summed E-state index contributed by atoms with van der Waals surface area (Å²) in [4.78, 5) is 0. The zero-order chi connectivity index (χ0) is 13.7. The van der Waals surface area contributed by atoms with Crippen molar-refractivity contribution in [3.63, 3.8) is 0 Å².